The van der Waals surface area contributed by atoms with Gasteiger partial charge in [0.15, 0.2) is 0 Å². The van der Waals surface area contributed by atoms with Crippen LogP contribution in [0.15, 0.2) is 61.2 Å². The second kappa shape index (κ2) is 9.43. The number of rotatable bonds is 4. The SMILES string of the molecule is C=C(C(=O)O)C(C)C=Cc1ccccc1.C=CC#N. The Hall–Kier alpha value is -2.60. The number of aliphatic carboxylic acids is 1. The highest BCUT2D eigenvalue weighted by molar-refractivity contribution is 5.86. The van der Waals surface area contributed by atoms with Crippen molar-refractivity contribution in [3.63, 3.8) is 0 Å². The lowest BCUT2D eigenvalue weighted by atomic mass is 10.0. The van der Waals surface area contributed by atoms with E-state index >= 15 is 0 Å². The largest absolute Gasteiger partial charge is 0.478 e. The van der Waals surface area contributed by atoms with Crippen LogP contribution in [0.25, 0.3) is 6.08 Å². The molecule has 0 saturated carbocycles. The molecule has 3 heteroatoms. The average Bonchev–Trinajstić information content (AvgIpc) is 2.45. The fourth-order valence-electron chi connectivity index (χ4n) is 1.13. The Morgan fingerprint density at radius 3 is 2.37 bits per heavy atom. The molecule has 0 heterocycles. The van der Waals surface area contributed by atoms with Gasteiger partial charge < -0.3 is 5.11 Å². The summed E-state index contributed by atoms with van der Waals surface area (Å²) >= 11 is 0. The van der Waals surface area contributed by atoms with Gasteiger partial charge >= 0.3 is 5.97 Å². The molecule has 1 unspecified atom stereocenters. The van der Waals surface area contributed by atoms with Crippen LogP contribution in [0.5, 0.6) is 0 Å². The summed E-state index contributed by atoms with van der Waals surface area (Å²) in [7, 11) is 0. The summed E-state index contributed by atoms with van der Waals surface area (Å²) in [5.41, 5.74) is 1.27. The smallest absolute Gasteiger partial charge is 0.331 e. The molecule has 0 aliphatic rings. The molecule has 0 amide bonds. The highest BCUT2D eigenvalue weighted by atomic mass is 16.4. The second-order valence-electron chi connectivity index (χ2n) is 3.72. The van der Waals surface area contributed by atoms with Gasteiger partial charge in [-0.15, -0.1) is 0 Å². The molecule has 1 aromatic rings. The maximum Gasteiger partial charge on any atom is 0.331 e. The average molecular weight is 255 g/mol. The fraction of sp³-hybridized carbons (Fsp3) is 0.125. The van der Waals surface area contributed by atoms with Gasteiger partial charge in [0.2, 0.25) is 0 Å². The molecule has 0 bridgehead atoms. The van der Waals surface area contributed by atoms with Crippen molar-refractivity contribution in [3.8, 4) is 6.07 Å². The number of hydrogen-bond acceptors (Lipinski definition) is 2. The Morgan fingerprint density at radius 2 is 1.95 bits per heavy atom. The fourth-order valence-corrected chi connectivity index (χ4v) is 1.13. The van der Waals surface area contributed by atoms with Crippen molar-refractivity contribution in [3.05, 3.63) is 66.8 Å². The Balaban J connectivity index is 0.000000711. The minimum atomic E-state index is -0.944. The van der Waals surface area contributed by atoms with Gasteiger partial charge in [-0.05, 0) is 5.56 Å². The van der Waals surface area contributed by atoms with Crippen molar-refractivity contribution in [2.75, 3.05) is 0 Å². The maximum absolute atomic E-state index is 10.6. The van der Waals surface area contributed by atoms with Gasteiger partial charge in [-0.2, -0.15) is 5.26 Å². The first kappa shape index (κ1) is 16.4. The predicted molar refractivity (Wildman–Crippen MR) is 77.2 cm³/mol. The van der Waals surface area contributed by atoms with Crippen LogP contribution in [-0.2, 0) is 4.79 Å². The second-order valence-corrected chi connectivity index (χ2v) is 3.72. The Bertz CT molecular complexity index is 495. The molecule has 98 valence electrons. The van der Waals surface area contributed by atoms with Gasteiger partial charge in [-0.3, -0.25) is 0 Å². The third-order valence-corrected chi connectivity index (χ3v) is 2.29. The summed E-state index contributed by atoms with van der Waals surface area (Å²) < 4.78 is 0. The van der Waals surface area contributed by atoms with Crippen molar-refractivity contribution in [1.29, 1.82) is 5.26 Å². The molecule has 1 atom stereocenters. The topological polar surface area (TPSA) is 61.1 Å². The molecule has 0 fully saturated rings. The molecular formula is C16H17NO2. The zero-order valence-electron chi connectivity index (χ0n) is 10.9. The summed E-state index contributed by atoms with van der Waals surface area (Å²) in [5, 5.41) is 16.2. The predicted octanol–water partition coefficient (Wildman–Crippen LogP) is 3.67. The number of carboxylic acids is 1. The summed E-state index contributed by atoms with van der Waals surface area (Å²) in [6, 6.07) is 11.4. The summed E-state index contributed by atoms with van der Waals surface area (Å²) in [6.07, 6.45) is 4.92. The Labute approximate surface area is 113 Å². The Kier molecular flexibility index (Phi) is 8.14. The zero-order valence-corrected chi connectivity index (χ0v) is 10.9. The first-order valence-corrected chi connectivity index (χ1v) is 5.68. The van der Waals surface area contributed by atoms with Crippen LogP contribution in [-0.4, -0.2) is 11.1 Å². The van der Waals surface area contributed by atoms with Crippen LogP contribution in [0.2, 0.25) is 0 Å². The number of allylic oxidation sites excluding steroid dienone is 2. The molecular weight excluding hydrogens is 238 g/mol. The van der Waals surface area contributed by atoms with E-state index in [0.29, 0.717) is 0 Å². The maximum atomic E-state index is 10.6. The van der Waals surface area contributed by atoms with E-state index in [-0.39, 0.29) is 11.5 Å². The minimum absolute atomic E-state index is 0.150. The summed E-state index contributed by atoms with van der Waals surface area (Å²) in [6.45, 7) is 8.45. The third-order valence-electron chi connectivity index (χ3n) is 2.29. The minimum Gasteiger partial charge on any atom is -0.478 e. The number of nitrogens with zero attached hydrogens (tertiary/aromatic N) is 1. The highest BCUT2D eigenvalue weighted by Crippen LogP contribution is 2.12. The van der Waals surface area contributed by atoms with Crippen molar-refractivity contribution < 1.29 is 9.90 Å². The standard InChI is InChI=1S/C13H14O2.C3H3N/c1-10(11(2)13(14)15)8-9-12-6-4-3-5-7-12;1-2-3-4/h3-10H,2H2,1H3,(H,14,15);2H,1H2. The zero-order chi connectivity index (χ0) is 14.7. The highest BCUT2D eigenvalue weighted by Gasteiger charge is 2.09. The molecule has 0 saturated heterocycles. The van der Waals surface area contributed by atoms with E-state index < -0.39 is 5.97 Å². The Morgan fingerprint density at radius 1 is 1.42 bits per heavy atom. The molecule has 0 radical (unpaired) electrons. The molecule has 1 rings (SSSR count). The molecule has 1 aromatic carbocycles. The van der Waals surface area contributed by atoms with E-state index in [9.17, 15) is 4.79 Å². The number of nitriles is 1. The molecule has 3 nitrogen and oxygen atoms in total. The van der Waals surface area contributed by atoms with Gasteiger partial charge in [-0.25, -0.2) is 4.79 Å². The van der Waals surface area contributed by atoms with Gasteiger partial charge in [0.05, 0.1) is 6.07 Å². The number of benzene rings is 1. The van der Waals surface area contributed by atoms with Gasteiger partial charge in [0.25, 0.3) is 0 Å². The first-order valence-electron chi connectivity index (χ1n) is 5.68. The molecule has 0 aliphatic heterocycles. The van der Waals surface area contributed by atoms with Crippen molar-refractivity contribution in [2.24, 2.45) is 5.92 Å². The lowest BCUT2D eigenvalue weighted by Crippen LogP contribution is -2.05. The van der Waals surface area contributed by atoms with E-state index in [2.05, 4.69) is 13.2 Å². The van der Waals surface area contributed by atoms with Gasteiger partial charge in [0, 0.05) is 17.6 Å². The molecule has 1 N–H and O–H groups in total. The van der Waals surface area contributed by atoms with Crippen LogP contribution in [0, 0.1) is 17.2 Å². The van der Waals surface area contributed by atoms with Gasteiger partial charge in [-0.1, -0.05) is 62.6 Å². The van der Waals surface area contributed by atoms with E-state index in [0.717, 1.165) is 5.56 Å². The quantitative estimate of drug-likeness (QED) is 0.659. The van der Waals surface area contributed by atoms with Crippen molar-refractivity contribution in [1.82, 2.24) is 0 Å². The first-order chi connectivity index (χ1) is 9.02. The molecule has 0 spiro atoms. The normalized spacial score (nSPS) is 10.7. The van der Waals surface area contributed by atoms with E-state index in [1.165, 1.54) is 6.08 Å². The van der Waals surface area contributed by atoms with Crippen LogP contribution in [0.3, 0.4) is 0 Å². The van der Waals surface area contributed by atoms with E-state index in [4.69, 9.17) is 10.4 Å². The molecule has 0 aromatic heterocycles. The van der Waals surface area contributed by atoms with Crippen LogP contribution in [0.1, 0.15) is 12.5 Å². The number of hydrogen-bond donors (Lipinski definition) is 1. The van der Waals surface area contributed by atoms with Crippen LogP contribution in [0.4, 0.5) is 0 Å². The molecule has 0 aliphatic carbocycles. The molecule has 19 heavy (non-hydrogen) atoms. The van der Waals surface area contributed by atoms with E-state index in [1.807, 2.05) is 49.4 Å². The third kappa shape index (κ3) is 7.35. The lowest BCUT2D eigenvalue weighted by Gasteiger charge is -2.04. The van der Waals surface area contributed by atoms with E-state index in [1.54, 1.807) is 6.07 Å². The monoisotopic (exact) mass is 255 g/mol. The summed E-state index contributed by atoms with van der Waals surface area (Å²) in [4.78, 5) is 10.6. The lowest BCUT2D eigenvalue weighted by molar-refractivity contribution is -0.133. The van der Waals surface area contributed by atoms with Crippen molar-refractivity contribution in [2.45, 2.75) is 6.92 Å². The van der Waals surface area contributed by atoms with Crippen LogP contribution < -0.4 is 0 Å². The van der Waals surface area contributed by atoms with Gasteiger partial charge in [0.1, 0.15) is 0 Å². The van der Waals surface area contributed by atoms with Crippen LogP contribution >= 0.6 is 0 Å². The number of carboxylic acid groups (broad SMARTS) is 1. The number of carbonyl (C=O) groups is 1. The summed E-state index contributed by atoms with van der Waals surface area (Å²) in [5.74, 6) is -1.09. The van der Waals surface area contributed by atoms with Crippen molar-refractivity contribution >= 4 is 12.0 Å².